The number of rotatable bonds is 5. The number of likely N-dealkylation sites (tertiary alicyclic amines) is 1. The summed E-state index contributed by atoms with van der Waals surface area (Å²) in [7, 11) is 0. The molecule has 1 atom stereocenters. The number of hydrogen-bond donors (Lipinski definition) is 2. The molecule has 1 unspecified atom stereocenters. The summed E-state index contributed by atoms with van der Waals surface area (Å²) in [6, 6.07) is 5.01. The Balaban J connectivity index is 1.51. The Morgan fingerprint density at radius 2 is 2.00 bits per heavy atom. The lowest BCUT2D eigenvalue weighted by atomic mass is 9.96. The fourth-order valence-corrected chi connectivity index (χ4v) is 4.48. The highest BCUT2D eigenvalue weighted by molar-refractivity contribution is 7.10. The third-order valence-corrected chi connectivity index (χ3v) is 5.82. The van der Waals surface area contributed by atoms with E-state index in [9.17, 15) is 4.79 Å². The second-order valence-corrected chi connectivity index (χ2v) is 7.44. The topological polar surface area (TPSA) is 44.4 Å². The van der Waals surface area contributed by atoms with Gasteiger partial charge in [-0.15, -0.1) is 11.3 Å². The normalized spacial score (nSPS) is 21.6. The van der Waals surface area contributed by atoms with E-state index >= 15 is 0 Å². The fraction of sp³-hybridized carbons (Fsp3) is 0.706. The lowest BCUT2D eigenvalue weighted by Crippen LogP contribution is -2.45. The van der Waals surface area contributed by atoms with Gasteiger partial charge in [-0.25, -0.2) is 4.79 Å². The lowest BCUT2D eigenvalue weighted by molar-refractivity contribution is 0.217. The van der Waals surface area contributed by atoms with Crippen LogP contribution in [0.1, 0.15) is 55.9 Å². The van der Waals surface area contributed by atoms with Gasteiger partial charge < -0.3 is 10.6 Å². The maximum atomic E-state index is 12.2. The molecule has 0 spiro atoms. The summed E-state index contributed by atoms with van der Waals surface area (Å²) in [5.41, 5.74) is 0. The van der Waals surface area contributed by atoms with E-state index in [1.54, 1.807) is 11.3 Å². The van der Waals surface area contributed by atoms with Gasteiger partial charge in [0.05, 0.1) is 6.04 Å². The Morgan fingerprint density at radius 1 is 1.23 bits per heavy atom. The molecule has 4 nitrogen and oxygen atoms in total. The lowest BCUT2D eigenvalue weighted by Gasteiger charge is -2.28. The summed E-state index contributed by atoms with van der Waals surface area (Å²) in [5.74, 6) is 0. The summed E-state index contributed by atoms with van der Waals surface area (Å²) >= 11 is 1.79. The van der Waals surface area contributed by atoms with Crippen LogP contribution in [0, 0.1) is 0 Å². The highest BCUT2D eigenvalue weighted by Gasteiger charge is 2.25. The van der Waals surface area contributed by atoms with Gasteiger partial charge in [0.1, 0.15) is 0 Å². The van der Waals surface area contributed by atoms with Gasteiger partial charge in [0.25, 0.3) is 0 Å². The quantitative estimate of drug-likeness (QED) is 0.871. The molecule has 2 aliphatic rings. The molecule has 1 saturated heterocycles. The zero-order chi connectivity index (χ0) is 15.2. The van der Waals surface area contributed by atoms with Gasteiger partial charge in [0.2, 0.25) is 0 Å². The molecule has 2 N–H and O–H groups in total. The third-order valence-electron chi connectivity index (χ3n) is 4.85. The van der Waals surface area contributed by atoms with Gasteiger partial charge in [-0.05, 0) is 50.2 Å². The summed E-state index contributed by atoms with van der Waals surface area (Å²) in [5, 5.41) is 8.38. The number of nitrogens with one attached hydrogen (secondary N) is 2. The zero-order valence-electron chi connectivity index (χ0n) is 13.2. The van der Waals surface area contributed by atoms with Gasteiger partial charge in [-0.3, -0.25) is 4.90 Å². The number of urea groups is 1. The van der Waals surface area contributed by atoms with Crippen molar-refractivity contribution in [2.75, 3.05) is 19.6 Å². The zero-order valence-corrected chi connectivity index (χ0v) is 14.0. The first-order valence-corrected chi connectivity index (χ1v) is 9.53. The molecular weight excluding hydrogens is 294 g/mol. The molecule has 22 heavy (non-hydrogen) atoms. The molecule has 0 aromatic carbocycles. The summed E-state index contributed by atoms with van der Waals surface area (Å²) < 4.78 is 0. The van der Waals surface area contributed by atoms with Crippen molar-refractivity contribution in [3.8, 4) is 0 Å². The van der Waals surface area contributed by atoms with Crippen LogP contribution in [-0.2, 0) is 0 Å². The number of carbonyl (C=O) groups excluding carboxylic acids is 1. The third kappa shape index (κ3) is 4.23. The van der Waals surface area contributed by atoms with Gasteiger partial charge in [-0.1, -0.05) is 25.3 Å². The van der Waals surface area contributed by atoms with Crippen LogP contribution in [0.3, 0.4) is 0 Å². The smallest absolute Gasteiger partial charge is 0.315 e. The Hall–Kier alpha value is -1.07. The second-order valence-electron chi connectivity index (χ2n) is 6.46. The Labute approximate surface area is 137 Å². The first kappa shape index (κ1) is 15.8. The molecule has 2 fully saturated rings. The van der Waals surface area contributed by atoms with Crippen molar-refractivity contribution in [2.45, 2.75) is 57.0 Å². The Kier molecular flexibility index (Phi) is 5.73. The van der Waals surface area contributed by atoms with Crippen LogP contribution in [0.25, 0.3) is 0 Å². The largest absolute Gasteiger partial charge is 0.336 e. The molecule has 1 aliphatic heterocycles. The molecular formula is C17H27N3OS. The molecule has 1 aromatic heterocycles. The molecule has 5 heteroatoms. The van der Waals surface area contributed by atoms with Crippen molar-refractivity contribution < 1.29 is 4.79 Å². The first-order chi connectivity index (χ1) is 10.8. The molecule has 2 heterocycles. The van der Waals surface area contributed by atoms with E-state index in [-0.39, 0.29) is 6.03 Å². The van der Waals surface area contributed by atoms with Crippen LogP contribution in [0.15, 0.2) is 17.5 Å². The highest BCUT2D eigenvalue weighted by Crippen LogP contribution is 2.27. The van der Waals surface area contributed by atoms with Crippen LogP contribution in [0.5, 0.6) is 0 Å². The minimum Gasteiger partial charge on any atom is -0.336 e. The number of hydrogen-bond acceptors (Lipinski definition) is 3. The molecule has 3 rings (SSSR count). The van der Waals surface area contributed by atoms with Crippen molar-refractivity contribution in [1.29, 1.82) is 0 Å². The maximum Gasteiger partial charge on any atom is 0.315 e. The van der Waals surface area contributed by atoms with E-state index in [4.69, 9.17) is 0 Å². The van der Waals surface area contributed by atoms with E-state index in [1.165, 1.54) is 37.0 Å². The van der Waals surface area contributed by atoms with Crippen LogP contribution in [0.4, 0.5) is 4.79 Å². The predicted octanol–water partition coefficient (Wildman–Crippen LogP) is 3.52. The molecule has 1 aliphatic carbocycles. The average Bonchev–Trinajstić information content (AvgIpc) is 3.22. The average molecular weight is 321 g/mol. The van der Waals surface area contributed by atoms with Crippen molar-refractivity contribution in [1.82, 2.24) is 15.5 Å². The van der Waals surface area contributed by atoms with Crippen molar-refractivity contribution in [3.63, 3.8) is 0 Å². The molecule has 1 aromatic rings. The van der Waals surface area contributed by atoms with Gasteiger partial charge >= 0.3 is 6.03 Å². The van der Waals surface area contributed by atoms with Crippen LogP contribution < -0.4 is 10.6 Å². The molecule has 0 radical (unpaired) electrons. The summed E-state index contributed by atoms with van der Waals surface area (Å²) in [4.78, 5) is 16.0. The van der Waals surface area contributed by atoms with Crippen LogP contribution >= 0.6 is 11.3 Å². The van der Waals surface area contributed by atoms with Gasteiger partial charge in [-0.2, -0.15) is 0 Å². The van der Waals surface area contributed by atoms with E-state index in [2.05, 4.69) is 33.0 Å². The van der Waals surface area contributed by atoms with Crippen LogP contribution in [-0.4, -0.2) is 36.6 Å². The predicted molar refractivity (Wildman–Crippen MR) is 91.3 cm³/mol. The summed E-state index contributed by atoms with van der Waals surface area (Å²) in [6.45, 7) is 3.00. The molecule has 0 bridgehead atoms. The summed E-state index contributed by atoms with van der Waals surface area (Å²) in [6.07, 6.45) is 8.62. The number of carbonyl (C=O) groups is 1. The first-order valence-electron chi connectivity index (χ1n) is 8.65. The van der Waals surface area contributed by atoms with Gasteiger partial charge in [0.15, 0.2) is 0 Å². The monoisotopic (exact) mass is 321 g/mol. The number of nitrogens with zero attached hydrogens (tertiary/aromatic N) is 1. The van der Waals surface area contributed by atoms with Crippen molar-refractivity contribution in [3.05, 3.63) is 22.4 Å². The standard InChI is InChI=1S/C17H27N3OS/c21-17(19-14-7-2-1-3-8-14)18-13-15(16-9-6-12-22-16)20-10-4-5-11-20/h6,9,12,14-15H,1-5,7-8,10-11,13H2,(H2,18,19,21). The fourth-order valence-electron chi connectivity index (χ4n) is 3.62. The van der Waals surface area contributed by atoms with Crippen molar-refractivity contribution in [2.24, 2.45) is 0 Å². The van der Waals surface area contributed by atoms with E-state index in [0.717, 1.165) is 25.9 Å². The minimum atomic E-state index is 0.00709. The van der Waals surface area contributed by atoms with E-state index in [1.807, 2.05) is 0 Å². The molecule has 122 valence electrons. The van der Waals surface area contributed by atoms with Crippen LogP contribution in [0.2, 0.25) is 0 Å². The van der Waals surface area contributed by atoms with E-state index < -0.39 is 0 Å². The Morgan fingerprint density at radius 3 is 2.68 bits per heavy atom. The van der Waals surface area contributed by atoms with Crippen molar-refractivity contribution >= 4 is 17.4 Å². The van der Waals surface area contributed by atoms with Gasteiger partial charge in [0, 0.05) is 17.5 Å². The number of amides is 2. The maximum absolute atomic E-state index is 12.2. The highest BCUT2D eigenvalue weighted by atomic mass is 32.1. The van der Waals surface area contributed by atoms with E-state index in [0.29, 0.717) is 18.6 Å². The number of thiophene rings is 1. The SMILES string of the molecule is O=C(NCC(c1cccs1)N1CCCC1)NC1CCCCC1. The minimum absolute atomic E-state index is 0.00709. The second kappa shape index (κ2) is 7.97. The molecule has 1 saturated carbocycles. The Bertz CT molecular complexity index is 450. The molecule has 2 amide bonds.